The van der Waals surface area contributed by atoms with Crippen LogP contribution in [0.3, 0.4) is 0 Å². The van der Waals surface area contributed by atoms with Crippen LogP contribution in [0.25, 0.3) is 0 Å². The molecule has 0 spiro atoms. The number of thioether (sulfide) groups is 2. The summed E-state index contributed by atoms with van der Waals surface area (Å²) in [4.78, 5) is 72.7. The number of hydrogen-bond acceptors (Lipinski definition) is 14. The van der Waals surface area contributed by atoms with Gasteiger partial charge in [-0.3, -0.25) is 14.4 Å². The maximum absolute atomic E-state index is 13.2. The summed E-state index contributed by atoms with van der Waals surface area (Å²) in [6, 6.07) is 1.18. The fourth-order valence-electron chi connectivity index (χ4n) is 3.89. The number of carbonyl (C=O) groups excluding carboxylic acids is 3. The molecule has 236 valence electrons. The zero-order valence-corrected chi connectivity index (χ0v) is 26.0. The van der Waals surface area contributed by atoms with E-state index in [0.717, 1.165) is 40.9 Å². The third kappa shape index (κ3) is 6.44. The fourth-order valence-corrected chi connectivity index (χ4v) is 7.72. The standard InChI is InChI=1S/C24H25ClN6O10S3/c1-23(2,20(37)38)41-30-13(10-7-42-22(26)28-10)17(35)29-14-18(36)31-8-24(21(39)40,44-19(14)31)43-6-5-27-16(34)9-3-4-11(32)15(33)12(9)25/h3-4,7,14,19,32-33H,5-6,8H2,1-2H3,(H2,26,28)(H,27,34)(H,29,35)(H,37,38)(H,39,40)/b30-13-/t14-,19?,24-/m1/s1. The van der Waals surface area contributed by atoms with E-state index < -0.39 is 68.0 Å². The Balaban J connectivity index is 1.41. The number of hydrogen-bond donors (Lipinski definition) is 7. The Bertz CT molecular complexity index is 1570. The lowest BCUT2D eigenvalue weighted by molar-refractivity contribution is -0.161. The molecule has 2 saturated heterocycles. The van der Waals surface area contributed by atoms with Crippen molar-refractivity contribution in [2.45, 2.75) is 34.9 Å². The summed E-state index contributed by atoms with van der Waals surface area (Å²) in [6.07, 6.45) is 0. The number of nitrogens with two attached hydrogens (primary N) is 1. The van der Waals surface area contributed by atoms with Gasteiger partial charge in [0, 0.05) is 17.7 Å². The van der Waals surface area contributed by atoms with Crippen molar-refractivity contribution in [3.05, 3.63) is 33.8 Å². The first kappa shape index (κ1) is 33.0. The highest BCUT2D eigenvalue weighted by atomic mass is 35.5. The van der Waals surface area contributed by atoms with Gasteiger partial charge in [-0.2, -0.15) is 0 Å². The molecular formula is C24H25ClN6O10S3. The molecule has 1 aromatic carbocycles. The zero-order valence-electron chi connectivity index (χ0n) is 22.8. The number of aromatic nitrogens is 1. The van der Waals surface area contributed by atoms with Crippen LogP contribution in [0.4, 0.5) is 5.13 Å². The SMILES string of the molecule is CC(C)(O/N=C(\C(=O)N[C@@H]1C(=O)N2C[C@](SCCNC(=O)c3ccc(O)c(O)c3Cl)(C(=O)O)SC12)c1csc(N)n1)C(=O)O. The number of thiazole rings is 1. The molecule has 20 heteroatoms. The maximum Gasteiger partial charge on any atom is 0.350 e. The maximum atomic E-state index is 13.2. The van der Waals surface area contributed by atoms with Crippen LogP contribution in [-0.2, 0) is 24.0 Å². The van der Waals surface area contributed by atoms with Crippen molar-refractivity contribution in [3.63, 3.8) is 0 Å². The molecule has 2 aliphatic rings. The normalized spacial score (nSPS) is 21.3. The number of phenolic OH excluding ortho intramolecular Hbond substituents is 2. The summed E-state index contributed by atoms with van der Waals surface area (Å²) in [5.74, 6) is -5.73. The van der Waals surface area contributed by atoms with Gasteiger partial charge < -0.3 is 46.5 Å². The van der Waals surface area contributed by atoms with E-state index in [4.69, 9.17) is 22.2 Å². The Kier molecular flexibility index (Phi) is 9.43. The summed E-state index contributed by atoms with van der Waals surface area (Å²) in [7, 11) is 0. The summed E-state index contributed by atoms with van der Waals surface area (Å²) in [5.41, 5.74) is 3.32. The second-order valence-corrected chi connectivity index (χ2v) is 14.1. The van der Waals surface area contributed by atoms with Crippen LogP contribution < -0.4 is 16.4 Å². The molecule has 1 unspecified atom stereocenters. The molecule has 1 aromatic heterocycles. The molecule has 0 saturated carbocycles. The van der Waals surface area contributed by atoms with Crippen LogP contribution in [0, 0.1) is 0 Å². The van der Waals surface area contributed by atoms with E-state index >= 15 is 0 Å². The lowest BCUT2D eigenvalue weighted by Gasteiger charge is -2.41. The third-order valence-corrected chi connectivity index (χ3v) is 10.7. The number of carbonyl (C=O) groups is 5. The van der Waals surface area contributed by atoms with E-state index in [1.165, 1.54) is 30.2 Å². The Morgan fingerprint density at radius 3 is 2.61 bits per heavy atom. The minimum atomic E-state index is -1.80. The van der Waals surface area contributed by atoms with Crippen molar-refractivity contribution in [2.75, 3.05) is 24.6 Å². The number of carboxylic acid groups (broad SMARTS) is 2. The summed E-state index contributed by atoms with van der Waals surface area (Å²) < 4.78 is -1.52. The Morgan fingerprint density at radius 1 is 1.30 bits per heavy atom. The molecule has 4 rings (SSSR count). The van der Waals surface area contributed by atoms with Gasteiger partial charge in [-0.1, -0.05) is 16.8 Å². The Labute approximate surface area is 266 Å². The highest BCUT2D eigenvalue weighted by Crippen LogP contribution is 2.52. The van der Waals surface area contributed by atoms with E-state index in [0.29, 0.717) is 0 Å². The van der Waals surface area contributed by atoms with Gasteiger partial charge in [0.1, 0.15) is 17.1 Å². The molecule has 0 radical (unpaired) electrons. The number of anilines is 1. The van der Waals surface area contributed by atoms with Crippen LogP contribution >= 0.6 is 46.5 Å². The number of β-lactam (4-membered cyclic amide) rings is 1. The highest BCUT2D eigenvalue weighted by molar-refractivity contribution is 8.20. The average molecular weight is 689 g/mol. The number of amides is 3. The van der Waals surface area contributed by atoms with Crippen molar-refractivity contribution in [1.29, 1.82) is 0 Å². The van der Waals surface area contributed by atoms with Crippen molar-refractivity contribution in [2.24, 2.45) is 5.16 Å². The van der Waals surface area contributed by atoms with E-state index in [-0.39, 0.29) is 40.3 Å². The van der Waals surface area contributed by atoms with E-state index in [9.17, 15) is 44.4 Å². The number of carboxylic acids is 2. The topological polar surface area (TPSA) is 254 Å². The molecule has 44 heavy (non-hydrogen) atoms. The number of phenols is 2. The molecule has 3 heterocycles. The number of rotatable bonds is 12. The third-order valence-electron chi connectivity index (χ3n) is 6.37. The molecular weight excluding hydrogens is 664 g/mol. The summed E-state index contributed by atoms with van der Waals surface area (Å²) >= 11 is 8.82. The number of aliphatic carboxylic acids is 2. The average Bonchev–Trinajstić information content (AvgIpc) is 3.55. The van der Waals surface area contributed by atoms with E-state index in [2.05, 4.69) is 20.8 Å². The fraction of sp³-hybridized carbons (Fsp3) is 0.375. The first-order chi connectivity index (χ1) is 20.6. The molecule has 8 N–H and O–H groups in total. The molecule has 3 amide bonds. The largest absolute Gasteiger partial charge is 0.504 e. The zero-order chi connectivity index (χ0) is 32.6. The Hall–Kier alpha value is -3.94. The molecule has 2 fully saturated rings. The second-order valence-electron chi connectivity index (χ2n) is 9.80. The lowest BCUT2D eigenvalue weighted by Crippen LogP contribution is -2.68. The monoisotopic (exact) mass is 688 g/mol. The second kappa shape index (κ2) is 12.6. The number of oxime groups is 1. The van der Waals surface area contributed by atoms with Crippen LogP contribution in [0.5, 0.6) is 11.5 Å². The van der Waals surface area contributed by atoms with E-state index in [1.54, 1.807) is 0 Å². The van der Waals surface area contributed by atoms with Crippen molar-refractivity contribution < 1.29 is 49.2 Å². The number of nitrogens with one attached hydrogen (secondary N) is 2. The Morgan fingerprint density at radius 2 is 2.00 bits per heavy atom. The van der Waals surface area contributed by atoms with Gasteiger partial charge in [0.05, 0.1) is 17.1 Å². The number of benzene rings is 1. The number of nitrogen functional groups attached to an aromatic ring is 1. The van der Waals surface area contributed by atoms with Gasteiger partial charge in [-0.05, 0) is 26.0 Å². The molecule has 16 nitrogen and oxygen atoms in total. The minimum Gasteiger partial charge on any atom is -0.504 e. The van der Waals surface area contributed by atoms with Gasteiger partial charge in [-0.15, -0.1) is 34.9 Å². The predicted molar refractivity (Wildman–Crippen MR) is 161 cm³/mol. The first-order valence-corrected chi connectivity index (χ1v) is 15.6. The van der Waals surface area contributed by atoms with Crippen molar-refractivity contribution in [3.8, 4) is 11.5 Å². The number of aromatic hydroxyl groups is 2. The molecule has 2 aromatic rings. The van der Waals surface area contributed by atoms with E-state index in [1.807, 2.05) is 0 Å². The van der Waals surface area contributed by atoms with Crippen molar-refractivity contribution >= 4 is 87.0 Å². The van der Waals surface area contributed by atoms with Gasteiger partial charge in [-0.25, -0.2) is 14.6 Å². The minimum absolute atomic E-state index is 0.000871. The smallest absolute Gasteiger partial charge is 0.350 e. The van der Waals surface area contributed by atoms with Crippen LogP contribution in [-0.4, -0.2) is 106 Å². The van der Waals surface area contributed by atoms with Gasteiger partial charge in [0.25, 0.3) is 11.8 Å². The highest BCUT2D eigenvalue weighted by Gasteiger charge is 2.62. The number of halogens is 1. The lowest BCUT2D eigenvalue weighted by atomic mass is 10.1. The van der Waals surface area contributed by atoms with Crippen molar-refractivity contribution in [1.82, 2.24) is 20.5 Å². The van der Waals surface area contributed by atoms with Crippen LogP contribution in [0.2, 0.25) is 5.02 Å². The van der Waals surface area contributed by atoms with Gasteiger partial charge >= 0.3 is 11.9 Å². The quantitative estimate of drug-likeness (QED) is 0.0533. The summed E-state index contributed by atoms with van der Waals surface area (Å²) in [5, 5.41) is 47.7. The predicted octanol–water partition coefficient (Wildman–Crippen LogP) is 0.718. The molecule has 3 atom stereocenters. The van der Waals surface area contributed by atoms with Crippen LogP contribution in [0.1, 0.15) is 29.9 Å². The van der Waals surface area contributed by atoms with Crippen LogP contribution in [0.15, 0.2) is 22.7 Å². The molecule has 2 aliphatic heterocycles. The summed E-state index contributed by atoms with van der Waals surface area (Å²) in [6.45, 7) is 2.25. The number of nitrogens with zero attached hydrogens (tertiary/aromatic N) is 3. The molecule has 0 aliphatic carbocycles. The van der Waals surface area contributed by atoms with Gasteiger partial charge in [0.15, 0.2) is 26.4 Å². The molecule has 0 bridgehead atoms. The van der Waals surface area contributed by atoms with Gasteiger partial charge in [0.2, 0.25) is 11.5 Å². The number of fused-ring (bicyclic) bond motifs is 1. The first-order valence-electron chi connectivity index (χ1n) is 12.4.